The number of unbranched alkanes of at least 4 members (excludes halogenated alkanes) is 9. The molecule has 0 radical (unpaired) electrons. The molecule has 0 aliphatic carbocycles. The minimum atomic E-state index is 0. The molecule has 0 saturated carbocycles. The first-order valence-electron chi connectivity index (χ1n) is 9.50. The summed E-state index contributed by atoms with van der Waals surface area (Å²) in [7, 11) is 4.72. The molecule has 0 unspecified atom stereocenters. The predicted molar refractivity (Wildman–Crippen MR) is 106 cm³/mol. The summed E-state index contributed by atoms with van der Waals surface area (Å²) in [6, 6.07) is 10.9. The lowest BCUT2D eigenvalue weighted by molar-refractivity contribution is -0.903. The van der Waals surface area contributed by atoms with Gasteiger partial charge in [-0.2, -0.15) is 0 Å². The molecule has 1 nitrogen and oxygen atoms in total. The van der Waals surface area contributed by atoms with Crippen molar-refractivity contribution in [2.24, 2.45) is 0 Å². The zero-order chi connectivity index (χ0) is 16.1. The first-order chi connectivity index (χ1) is 10.6. The fourth-order valence-corrected chi connectivity index (χ4v) is 3.18. The lowest BCUT2D eigenvalue weighted by Crippen LogP contribution is -2.39. The highest BCUT2D eigenvalue weighted by atomic mass is 15.3. The molecule has 23 heavy (non-hydrogen) atoms. The second kappa shape index (κ2) is 13.6. The Labute approximate surface area is 146 Å². The molecule has 0 amide bonds. The summed E-state index contributed by atoms with van der Waals surface area (Å²) >= 11 is 0. The summed E-state index contributed by atoms with van der Waals surface area (Å²) in [6.07, 6.45) is 14.2. The largest absolute Gasteiger partial charge is 0.325 e. The van der Waals surface area contributed by atoms with Gasteiger partial charge >= 0.3 is 0 Å². The van der Waals surface area contributed by atoms with Crippen LogP contribution >= 0.6 is 0 Å². The van der Waals surface area contributed by atoms with E-state index in [9.17, 15) is 0 Å². The van der Waals surface area contributed by atoms with E-state index in [1.807, 2.05) is 0 Å². The SMILES string of the molecule is C.CCCCCCCCCCCC[N+](C)(C)Cc1ccccc1. The van der Waals surface area contributed by atoms with Gasteiger partial charge in [0.05, 0.1) is 20.6 Å². The van der Waals surface area contributed by atoms with Gasteiger partial charge in [-0.15, -0.1) is 0 Å². The minimum Gasteiger partial charge on any atom is -0.325 e. The Bertz CT molecular complexity index is 355. The summed E-state index contributed by atoms with van der Waals surface area (Å²) in [4.78, 5) is 0. The van der Waals surface area contributed by atoms with Gasteiger partial charge in [0.2, 0.25) is 0 Å². The van der Waals surface area contributed by atoms with Gasteiger partial charge in [0.25, 0.3) is 0 Å². The number of hydrogen-bond donors (Lipinski definition) is 0. The second-order valence-corrected chi connectivity index (χ2v) is 7.49. The fraction of sp³-hybridized carbons (Fsp3) is 0.727. The van der Waals surface area contributed by atoms with Crippen LogP contribution in [0.25, 0.3) is 0 Å². The molecule has 0 N–H and O–H groups in total. The number of benzene rings is 1. The Morgan fingerprint density at radius 1 is 0.696 bits per heavy atom. The van der Waals surface area contributed by atoms with E-state index in [2.05, 4.69) is 51.4 Å². The van der Waals surface area contributed by atoms with Crippen LogP contribution < -0.4 is 0 Å². The molecule has 0 aromatic heterocycles. The monoisotopic (exact) mass is 320 g/mol. The van der Waals surface area contributed by atoms with Crippen molar-refractivity contribution in [3.63, 3.8) is 0 Å². The highest BCUT2D eigenvalue weighted by Gasteiger charge is 2.14. The van der Waals surface area contributed by atoms with E-state index >= 15 is 0 Å². The van der Waals surface area contributed by atoms with Crippen molar-refractivity contribution in [2.75, 3.05) is 20.6 Å². The minimum absolute atomic E-state index is 0. The van der Waals surface area contributed by atoms with Crippen LogP contribution in [0.2, 0.25) is 0 Å². The van der Waals surface area contributed by atoms with Crippen LogP contribution in [0.4, 0.5) is 0 Å². The third kappa shape index (κ3) is 12.3. The van der Waals surface area contributed by atoms with Crippen molar-refractivity contribution in [2.45, 2.75) is 85.1 Å². The van der Waals surface area contributed by atoms with Crippen LogP contribution in [-0.4, -0.2) is 25.1 Å². The number of hydrogen-bond acceptors (Lipinski definition) is 0. The molecular formula is C22H42N+. The van der Waals surface area contributed by atoms with Crippen molar-refractivity contribution in [3.8, 4) is 0 Å². The van der Waals surface area contributed by atoms with Gasteiger partial charge in [-0.3, -0.25) is 0 Å². The average Bonchev–Trinajstić information content (AvgIpc) is 2.49. The van der Waals surface area contributed by atoms with E-state index < -0.39 is 0 Å². The molecule has 1 aromatic carbocycles. The van der Waals surface area contributed by atoms with Gasteiger partial charge in [-0.25, -0.2) is 0 Å². The van der Waals surface area contributed by atoms with Crippen molar-refractivity contribution in [1.82, 2.24) is 0 Å². The predicted octanol–water partition coefficient (Wildman–Crippen LogP) is 6.82. The molecule has 0 saturated heterocycles. The number of rotatable bonds is 13. The average molecular weight is 321 g/mol. The van der Waals surface area contributed by atoms with Crippen LogP contribution in [0.5, 0.6) is 0 Å². The smallest absolute Gasteiger partial charge is 0.104 e. The third-order valence-electron chi connectivity index (χ3n) is 4.57. The molecule has 1 heteroatoms. The zero-order valence-corrected chi connectivity index (χ0v) is 15.3. The first kappa shape index (κ1) is 22.2. The molecule has 0 atom stereocenters. The van der Waals surface area contributed by atoms with Gasteiger partial charge in [0, 0.05) is 5.56 Å². The zero-order valence-electron chi connectivity index (χ0n) is 15.3. The quantitative estimate of drug-likeness (QED) is 0.276. The molecule has 0 aliphatic rings. The van der Waals surface area contributed by atoms with Crippen LogP contribution in [0.15, 0.2) is 30.3 Å². The molecule has 1 aromatic rings. The van der Waals surface area contributed by atoms with Crippen molar-refractivity contribution >= 4 is 0 Å². The maximum absolute atomic E-state index is 2.36. The van der Waals surface area contributed by atoms with Gasteiger partial charge in [0.1, 0.15) is 6.54 Å². The normalized spacial score (nSPS) is 11.3. The standard InChI is InChI=1S/C21H38N.CH4/c1-4-5-6-7-8-9-10-11-12-16-19-22(2,3)20-21-17-14-13-15-18-21;/h13-15,17-18H,4-12,16,19-20H2,1-3H3;1H4/q+1;. The van der Waals surface area contributed by atoms with E-state index in [-0.39, 0.29) is 7.43 Å². The lowest BCUT2D eigenvalue weighted by Gasteiger charge is -2.30. The Hall–Kier alpha value is -0.820. The summed E-state index contributed by atoms with van der Waals surface area (Å²) in [5.41, 5.74) is 1.46. The molecular weight excluding hydrogens is 278 g/mol. The first-order valence-corrected chi connectivity index (χ1v) is 9.50. The van der Waals surface area contributed by atoms with E-state index in [4.69, 9.17) is 0 Å². The molecule has 0 spiro atoms. The van der Waals surface area contributed by atoms with Crippen molar-refractivity contribution in [1.29, 1.82) is 0 Å². The second-order valence-electron chi connectivity index (χ2n) is 7.49. The van der Waals surface area contributed by atoms with E-state index in [1.165, 1.54) is 76.3 Å². The molecule has 1 rings (SSSR count). The Morgan fingerprint density at radius 2 is 1.17 bits per heavy atom. The van der Waals surface area contributed by atoms with Crippen LogP contribution in [-0.2, 0) is 6.54 Å². The number of nitrogens with zero attached hydrogens (tertiary/aromatic N) is 1. The van der Waals surface area contributed by atoms with Gasteiger partial charge in [-0.1, -0.05) is 96.0 Å². The molecule has 134 valence electrons. The Kier molecular flexibility index (Phi) is 13.1. The maximum Gasteiger partial charge on any atom is 0.104 e. The molecule has 0 bridgehead atoms. The van der Waals surface area contributed by atoms with E-state index in [0.717, 1.165) is 11.0 Å². The molecule has 0 fully saturated rings. The molecule has 0 aliphatic heterocycles. The highest BCUT2D eigenvalue weighted by Crippen LogP contribution is 2.13. The van der Waals surface area contributed by atoms with E-state index in [1.54, 1.807) is 0 Å². The van der Waals surface area contributed by atoms with Crippen molar-refractivity contribution < 1.29 is 4.48 Å². The van der Waals surface area contributed by atoms with Crippen LogP contribution in [0.1, 0.15) is 84.1 Å². The fourth-order valence-electron chi connectivity index (χ4n) is 3.18. The Morgan fingerprint density at radius 3 is 1.70 bits per heavy atom. The highest BCUT2D eigenvalue weighted by molar-refractivity contribution is 5.13. The Balaban J connectivity index is 0.00000484. The van der Waals surface area contributed by atoms with Gasteiger partial charge in [-0.05, 0) is 12.8 Å². The topological polar surface area (TPSA) is 0 Å². The van der Waals surface area contributed by atoms with Crippen LogP contribution in [0.3, 0.4) is 0 Å². The summed E-state index contributed by atoms with van der Waals surface area (Å²) in [5.74, 6) is 0. The van der Waals surface area contributed by atoms with Crippen molar-refractivity contribution in [3.05, 3.63) is 35.9 Å². The molecule has 0 heterocycles. The van der Waals surface area contributed by atoms with Gasteiger partial charge in [0.15, 0.2) is 0 Å². The van der Waals surface area contributed by atoms with E-state index in [0.29, 0.717) is 0 Å². The maximum atomic E-state index is 2.36. The summed E-state index contributed by atoms with van der Waals surface area (Å²) < 4.78 is 1.11. The van der Waals surface area contributed by atoms with Crippen LogP contribution in [0, 0.1) is 0 Å². The summed E-state index contributed by atoms with van der Waals surface area (Å²) in [5, 5.41) is 0. The lowest BCUT2D eigenvalue weighted by atomic mass is 10.1. The number of quaternary nitrogens is 1. The third-order valence-corrected chi connectivity index (χ3v) is 4.57. The van der Waals surface area contributed by atoms with Gasteiger partial charge < -0.3 is 4.48 Å². The summed E-state index contributed by atoms with van der Waals surface area (Å²) in [6.45, 7) is 4.74.